The highest BCUT2D eigenvalue weighted by atomic mass is 16.5. The fourth-order valence-electron chi connectivity index (χ4n) is 2.00. The molecule has 0 saturated heterocycles. The molecular weight excluding hydrogens is 254 g/mol. The van der Waals surface area contributed by atoms with Crippen molar-refractivity contribution in [2.75, 3.05) is 13.7 Å². The van der Waals surface area contributed by atoms with Crippen LogP contribution in [0.1, 0.15) is 49.7 Å². The van der Waals surface area contributed by atoms with E-state index >= 15 is 0 Å². The number of rotatable bonds is 7. The Labute approximate surface area is 119 Å². The molecule has 5 heteroatoms. The largest absolute Gasteiger partial charge is 0.369 e. The molecule has 20 heavy (non-hydrogen) atoms. The van der Waals surface area contributed by atoms with Crippen LogP contribution in [0.5, 0.6) is 0 Å². The quantitative estimate of drug-likeness (QED) is 0.842. The van der Waals surface area contributed by atoms with E-state index < -0.39 is 0 Å². The van der Waals surface area contributed by atoms with E-state index in [1.165, 1.54) is 0 Å². The van der Waals surface area contributed by atoms with Crippen LogP contribution in [0.15, 0.2) is 34.9 Å². The molecule has 2 aromatic rings. The van der Waals surface area contributed by atoms with E-state index in [2.05, 4.69) is 22.4 Å². The number of hydrogen-bond donors (Lipinski definition) is 1. The van der Waals surface area contributed by atoms with E-state index in [9.17, 15) is 0 Å². The Hall–Kier alpha value is -1.72. The van der Waals surface area contributed by atoms with Crippen LogP contribution in [0, 0.1) is 0 Å². The zero-order valence-electron chi connectivity index (χ0n) is 12.2. The number of ether oxygens (including phenoxy) is 1. The van der Waals surface area contributed by atoms with Crippen molar-refractivity contribution in [2.24, 2.45) is 0 Å². The van der Waals surface area contributed by atoms with Crippen molar-refractivity contribution in [3.63, 3.8) is 0 Å². The van der Waals surface area contributed by atoms with Crippen molar-refractivity contribution >= 4 is 0 Å². The molecule has 1 N–H and O–H groups in total. The van der Waals surface area contributed by atoms with Crippen LogP contribution in [0.25, 0.3) is 0 Å². The van der Waals surface area contributed by atoms with Crippen LogP contribution in [0.3, 0.4) is 0 Å². The molecular formula is C15H21N3O2. The van der Waals surface area contributed by atoms with Gasteiger partial charge in [0.1, 0.15) is 6.10 Å². The third-order valence-electron chi connectivity index (χ3n) is 3.10. The molecule has 2 atom stereocenters. The first kappa shape index (κ1) is 14.7. The van der Waals surface area contributed by atoms with Crippen molar-refractivity contribution in [1.29, 1.82) is 0 Å². The van der Waals surface area contributed by atoms with E-state index in [0.29, 0.717) is 11.7 Å². The maximum absolute atomic E-state index is 5.49. The summed E-state index contributed by atoms with van der Waals surface area (Å²) in [5, 5.41) is 7.36. The lowest BCUT2D eigenvalue weighted by Crippen LogP contribution is -2.19. The van der Waals surface area contributed by atoms with Gasteiger partial charge in [0.25, 0.3) is 0 Å². The summed E-state index contributed by atoms with van der Waals surface area (Å²) >= 11 is 0. The third-order valence-corrected chi connectivity index (χ3v) is 3.10. The number of nitrogens with one attached hydrogen (secondary N) is 1. The molecule has 0 spiro atoms. The minimum Gasteiger partial charge on any atom is -0.369 e. The Balaban J connectivity index is 2.14. The zero-order valence-corrected chi connectivity index (χ0v) is 12.2. The van der Waals surface area contributed by atoms with Crippen LogP contribution < -0.4 is 5.32 Å². The average Bonchev–Trinajstić information content (AvgIpc) is 2.96. The van der Waals surface area contributed by atoms with E-state index in [0.717, 1.165) is 18.5 Å². The first-order valence-electron chi connectivity index (χ1n) is 6.90. The Morgan fingerprint density at radius 3 is 2.70 bits per heavy atom. The average molecular weight is 275 g/mol. The SMILES string of the molecule is CCCNC(C)c1nc(C(OC)c2ccccc2)no1. The van der Waals surface area contributed by atoms with Gasteiger partial charge >= 0.3 is 0 Å². The van der Waals surface area contributed by atoms with Gasteiger partial charge in [-0.15, -0.1) is 0 Å². The lowest BCUT2D eigenvalue weighted by molar-refractivity contribution is 0.126. The highest BCUT2D eigenvalue weighted by Crippen LogP contribution is 2.23. The van der Waals surface area contributed by atoms with E-state index in [1.807, 2.05) is 37.3 Å². The lowest BCUT2D eigenvalue weighted by Gasteiger charge is -2.11. The summed E-state index contributed by atoms with van der Waals surface area (Å²) in [7, 11) is 1.65. The highest BCUT2D eigenvalue weighted by Gasteiger charge is 2.21. The zero-order chi connectivity index (χ0) is 14.4. The molecule has 2 unspecified atom stereocenters. The Morgan fingerprint density at radius 2 is 2.05 bits per heavy atom. The Kier molecular flexibility index (Phi) is 5.26. The van der Waals surface area contributed by atoms with Crippen LogP contribution in [0.4, 0.5) is 0 Å². The predicted molar refractivity (Wildman–Crippen MR) is 76.3 cm³/mol. The van der Waals surface area contributed by atoms with Crippen LogP contribution >= 0.6 is 0 Å². The molecule has 2 rings (SSSR count). The molecule has 0 aliphatic rings. The van der Waals surface area contributed by atoms with Gasteiger partial charge in [-0.25, -0.2) is 0 Å². The number of aromatic nitrogens is 2. The van der Waals surface area contributed by atoms with Gasteiger partial charge in [-0.2, -0.15) is 4.98 Å². The summed E-state index contributed by atoms with van der Waals surface area (Å²) in [5.41, 5.74) is 1.01. The van der Waals surface area contributed by atoms with Gasteiger partial charge in [0.15, 0.2) is 0 Å². The van der Waals surface area contributed by atoms with Gasteiger partial charge in [0.05, 0.1) is 6.04 Å². The number of methoxy groups -OCH3 is 1. The first-order chi connectivity index (χ1) is 9.76. The standard InChI is InChI=1S/C15H21N3O2/c1-4-10-16-11(2)15-17-14(18-20-15)13(19-3)12-8-6-5-7-9-12/h5-9,11,13,16H,4,10H2,1-3H3. The molecule has 5 nitrogen and oxygen atoms in total. The molecule has 0 saturated carbocycles. The van der Waals surface area contributed by atoms with Gasteiger partial charge in [-0.3, -0.25) is 0 Å². The van der Waals surface area contributed by atoms with Crippen molar-refractivity contribution in [3.8, 4) is 0 Å². The Morgan fingerprint density at radius 1 is 1.30 bits per heavy atom. The lowest BCUT2D eigenvalue weighted by atomic mass is 10.1. The second-order valence-corrected chi connectivity index (χ2v) is 4.69. The second-order valence-electron chi connectivity index (χ2n) is 4.69. The van der Waals surface area contributed by atoms with Crippen molar-refractivity contribution in [2.45, 2.75) is 32.4 Å². The summed E-state index contributed by atoms with van der Waals surface area (Å²) in [6.45, 7) is 5.05. The van der Waals surface area contributed by atoms with Crippen LogP contribution in [-0.4, -0.2) is 23.8 Å². The fourth-order valence-corrected chi connectivity index (χ4v) is 2.00. The third kappa shape index (κ3) is 3.43. The summed E-state index contributed by atoms with van der Waals surface area (Å²) < 4.78 is 10.8. The van der Waals surface area contributed by atoms with Gasteiger partial charge in [0, 0.05) is 7.11 Å². The smallest absolute Gasteiger partial charge is 0.243 e. The summed E-state index contributed by atoms with van der Waals surface area (Å²) in [6.07, 6.45) is 0.767. The molecule has 1 aromatic heterocycles. The molecule has 0 amide bonds. The Bertz CT molecular complexity index is 513. The normalized spacial score (nSPS) is 14.2. The maximum atomic E-state index is 5.49. The highest BCUT2D eigenvalue weighted by molar-refractivity contribution is 5.22. The van der Waals surface area contributed by atoms with E-state index in [1.54, 1.807) is 7.11 Å². The van der Waals surface area contributed by atoms with E-state index in [-0.39, 0.29) is 12.1 Å². The molecule has 0 radical (unpaired) electrons. The minimum atomic E-state index is -0.299. The summed E-state index contributed by atoms with van der Waals surface area (Å²) in [6, 6.07) is 9.92. The summed E-state index contributed by atoms with van der Waals surface area (Å²) in [5.74, 6) is 1.14. The van der Waals surface area contributed by atoms with Crippen LogP contribution in [-0.2, 0) is 4.74 Å². The fraction of sp³-hybridized carbons (Fsp3) is 0.467. The van der Waals surface area contributed by atoms with Gasteiger partial charge in [0.2, 0.25) is 11.7 Å². The predicted octanol–water partition coefficient (Wildman–Crippen LogP) is 2.87. The minimum absolute atomic E-state index is 0.0458. The van der Waals surface area contributed by atoms with Crippen molar-refractivity contribution in [1.82, 2.24) is 15.5 Å². The van der Waals surface area contributed by atoms with Crippen molar-refractivity contribution in [3.05, 3.63) is 47.6 Å². The molecule has 1 aromatic carbocycles. The monoisotopic (exact) mass is 275 g/mol. The van der Waals surface area contributed by atoms with Gasteiger partial charge < -0.3 is 14.6 Å². The molecule has 0 aliphatic carbocycles. The van der Waals surface area contributed by atoms with Gasteiger partial charge in [-0.1, -0.05) is 42.4 Å². The first-order valence-corrected chi connectivity index (χ1v) is 6.90. The molecule has 0 aliphatic heterocycles. The summed E-state index contributed by atoms with van der Waals surface area (Å²) in [4.78, 5) is 4.45. The van der Waals surface area contributed by atoms with Crippen LogP contribution in [0.2, 0.25) is 0 Å². The molecule has 0 fully saturated rings. The second kappa shape index (κ2) is 7.17. The number of hydrogen-bond acceptors (Lipinski definition) is 5. The molecule has 1 heterocycles. The number of benzene rings is 1. The van der Waals surface area contributed by atoms with Crippen molar-refractivity contribution < 1.29 is 9.26 Å². The van der Waals surface area contributed by atoms with Gasteiger partial charge in [-0.05, 0) is 25.5 Å². The van der Waals surface area contributed by atoms with E-state index in [4.69, 9.17) is 9.26 Å². The number of nitrogens with zero attached hydrogens (tertiary/aromatic N) is 2. The molecule has 108 valence electrons. The topological polar surface area (TPSA) is 60.2 Å². The maximum Gasteiger partial charge on any atom is 0.243 e. The molecule has 0 bridgehead atoms.